The highest BCUT2D eigenvalue weighted by molar-refractivity contribution is 7.10. The van der Waals surface area contributed by atoms with Crippen LogP contribution < -0.4 is 5.32 Å². The fraction of sp³-hybridized carbons (Fsp3) is 0.750. The number of nitrogens with zero attached hydrogens (tertiary/aromatic N) is 3. The molecule has 4 nitrogen and oxygen atoms in total. The highest BCUT2D eigenvalue weighted by Gasteiger charge is 2.24. The number of piperidine rings is 1. The number of rotatable bonds is 4. The van der Waals surface area contributed by atoms with Crippen LogP contribution in [-0.2, 0) is 0 Å². The molecular weight excluding hydrogens is 316 g/mol. The topological polar surface area (TPSA) is 52.0 Å². The standard InChI is InChI=1S/C16H23ClN4S/c17-15-14(10-18)16(22-20-15)19-13-6-8-21(9-7-13)11-12-4-2-1-3-5-12/h12-13,19H,1-9,11H2. The third-order valence-corrected chi connectivity index (χ3v) is 6.08. The summed E-state index contributed by atoms with van der Waals surface area (Å²) in [5, 5.41) is 13.7. The van der Waals surface area contributed by atoms with Crippen LogP contribution in [0.4, 0.5) is 5.00 Å². The molecule has 6 heteroatoms. The molecule has 0 atom stereocenters. The van der Waals surface area contributed by atoms with Crippen molar-refractivity contribution in [1.82, 2.24) is 9.27 Å². The van der Waals surface area contributed by atoms with Gasteiger partial charge in [0.25, 0.3) is 0 Å². The molecule has 0 amide bonds. The van der Waals surface area contributed by atoms with Gasteiger partial charge in [-0.1, -0.05) is 30.9 Å². The average molecular weight is 339 g/mol. The normalized spacial score (nSPS) is 21.6. The van der Waals surface area contributed by atoms with Gasteiger partial charge in [0.1, 0.15) is 16.6 Å². The van der Waals surface area contributed by atoms with Crippen molar-refractivity contribution in [3.05, 3.63) is 10.7 Å². The Kier molecular flexibility index (Phi) is 5.56. The number of hydrogen-bond donors (Lipinski definition) is 1. The zero-order valence-corrected chi connectivity index (χ0v) is 14.4. The second-order valence-electron chi connectivity index (χ2n) is 6.51. The van der Waals surface area contributed by atoms with Crippen LogP contribution in [0.15, 0.2) is 0 Å². The average Bonchev–Trinajstić information content (AvgIpc) is 2.90. The van der Waals surface area contributed by atoms with Crippen LogP contribution in [0.5, 0.6) is 0 Å². The highest BCUT2D eigenvalue weighted by atomic mass is 35.5. The van der Waals surface area contributed by atoms with Crippen molar-refractivity contribution < 1.29 is 0 Å². The Morgan fingerprint density at radius 1 is 1.23 bits per heavy atom. The number of aromatic nitrogens is 1. The molecule has 0 spiro atoms. The molecule has 1 aromatic heterocycles. The minimum atomic E-state index is 0.324. The molecule has 2 heterocycles. The van der Waals surface area contributed by atoms with Gasteiger partial charge in [-0.25, -0.2) is 0 Å². The molecule has 22 heavy (non-hydrogen) atoms. The zero-order valence-electron chi connectivity index (χ0n) is 12.9. The van der Waals surface area contributed by atoms with E-state index < -0.39 is 0 Å². The first-order valence-electron chi connectivity index (χ1n) is 8.30. The van der Waals surface area contributed by atoms with Crippen LogP contribution in [0.25, 0.3) is 0 Å². The molecule has 1 aliphatic carbocycles. The second-order valence-corrected chi connectivity index (χ2v) is 7.64. The Morgan fingerprint density at radius 3 is 2.64 bits per heavy atom. The number of nitrogens with one attached hydrogen (secondary N) is 1. The van der Waals surface area contributed by atoms with E-state index in [4.69, 9.17) is 16.9 Å². The van der Waals surface area contributed by atoms with Gasteiger partial charge in [0, 0.05) is 25.7 Å². The molecule has 0 radical (unpaired) electrons. The third-order valence-electron chi connectivity index (χ3n) is 4.93. The van der Waals surface area contributed by atoms with Crippen LogP contribution in [0, 0.1) is 17.2 Å². The summed E-state index contributed by atoms with van der Waals surface area (Å²) in [6, 6.07) is 2.58. The second kappa shape index (κ2) is 7.63. The van der Waals surface area contributed by atoms with Gasteiger partial charge in [0.2, 0.25) is 0 Å². The van der Waals surface area contributed by atoms with E-state index in [1.165, 1.54) is 50.2 Å². The van der Waals surface area contributed by atoms with Crippen molar-refractivity contribution in [1.29, 1.82) is 5.26 Å². The molecule has 0 unspecified atom stereocenters. The van der Waals surface area contributed by atoms with E-state index in [0.717, 1.165) is 36.9 Å². The van der Waals surface area contributed by atoms with E-state index in [-0.39, 0.29) is 0 Å². The number of anilines is 1. The summed E-state index contributed by atoms with van der Waals surface area (Å²) in [5.74, 6) is 0.920. The van der Waals surface area contributed by atoms with E-state index in [0.29, 0.717) is 16.8 Å². The Hall–Kier alpha value is -0.830. The summed E-state index contributed by atoms with van der Waals surface area (Å²) in [6.45, 7) is 3.59. The van der Waals surface area contributed by atoms with Gasteiger partial charge in [0.15, 0.2) is 5.15 Å². The first-order chi connectivity index (χ1) is 10.8. The summed E-state index contributed by atoms with van der Waals surface area (Å²) < 4.78 is 4.06. The maximum Gasteiger partial charge on any atom is 0.162 e. The van der Waals surface area contributed by atoms with Crippen molar-refractivity contribution in [2.24, 2.45) is 5.92 Å². The van der Waals surface area contributed by atoms with E-state index >= 15 is 0 Å². The van der Waals surface area contributed by atoms with Crippen molar-refractivity contribution in [3.8, 4) is 6.07 Å². The maximum atomic E-state index is 9.13. The van der Waals surface area contributed by atoms with E-state index in [1.807, 2.05) is 0 Å². The number of hydrogen-bond acceptors (Lipinski definition) is 5. The molecule has 2 aliphatic rings. The molecule has 120 valence electrons. The van der Waals surface area contributed by atoms with Crippen LogP contribution in [-0.4, -0.2) is 34.9 Å². The van der Waals surface area contributed by atoms with Crippen molar-refractivity contribution in [2.75, 3.05) is 25.0 Å². The van der Waals surface area contributed by atoms with Crippen molar-refractivity contribution in [2.45, 2.75) is 51.0 Å². The van der Waals surface area contributed by atoms with Crippen LogP contribution in [0.3, 0.4) is 0 Å². The molecule has 2 fully saturated rings. The molecule has 1 N–H and O–H groups in total. The molecular formula is C16H23ClN4S. The Balaban J connectivity index is 1.46. The smallest absolute Gasteiger partial charge is 0.162 e. The SMILES string of the molecule is N#Cc1c(Cl)nsc1NC1CCN(CC2CCCCC2)CC1. The molecule has 1 saturated carbocycles. The number of halogens is 1. The lowest BCUT2D eigenvalue weighted by Gasteiger charge is -2.35. The Labute approximate surface area is 141 Å². The Morgan fingerprint density at radius 2 is 1.95 bits per heavy atom. The van der Waals surface area contributed by atoms with Gasteiger partial charge < -0.3 is 10.2 Å². The third kappa shape index (κ3) is 3.92. The number of likely N-dealkylation sites (tertiary alicyclic amines) is 1. The van der Waals surface area contributed by atoms with Gasteiger partial charge in [-0.2, -0.15) is 9.64 Å². The summed E-state index contributed by atoms with van der Waals surface area (Å²) in [6.07, 6.45) is 9.38. The fourth-order valence-corrected chi connectivity index (χ4v) is 4.66. The van der Waals surface area contributed by atoms with Gasteiger partial charge in [-0.3, -0.25) is 0 Å². The summed E-state index contributed by atoms with van der Waals surface area (Å²) >= 11 is 7.22. The molecule has 0 bridgehead atoms. The summed E-state index contributed by atoms with van der Waals surface area (Å²) in [4.78, 5) is 2.62. The summed E-state index contributed by atoms with van der Waals surface area (Å²) in [5.41, 5.74) is 0.497. The quantitative estimate of drug-likeness (QED) is 0.897. The van der Waals surface area contributed by atoms with Crippen LogP contribution >= 0.6 is 23.1 Å². The van der Waals surface area contributed by atoms with Gasteiger partial charge in [-0.05, 0) is 43.1 Å². The summed E-state index contributed by atoms with van der Waals surface area (Å²) in [7, 11) is 0. The molecule has 3 rings (SSSR count). The fourth-order valence-electron chi connectivity index (χ4n) is 3.65. The first-order valence-corrected chi connectivity index (χ1v) is 9.45. The van der Waals surface area contributed by atoms with E-state index in [9.17, 15) is 0 Å². The lowest BCUT2D eigenvalue weighted by atomic mass is 9.88. The van der Waals surface area contributed by atoms with Gasteiger partial charge in [0.05, 0.1) is 0 Å². The van der Waals surface area contributed by atoms with E-state index in [2.05, 4.69) is 20.7 Å². The minimum Gasteiger partial charge on any atom is -0.372 e. The predicted molar refractivity (Wildman–Crippen MR) is 91.5 cm³/mol. The Bertz CT molecular complexity index is 525. The van der Waals surface area contributed by atoms with Gasteiger partial charge >= 0.3 is 0 Å². The number of nitriles is 1. The molecule has 1 saturated heterocycles. The van der Waals surface area contributed by atoms with E-state index in [1.54, 1.807) is 0 Å². The lowest BCUT2D eigenvalue weighted by molar-refractivity contribution is 0.168. The van der Waals surface area contributed by atoms with Crippen LogP contribution in [0.1, 0.15) is 50.5 Å². The predicted octanol–water partition coefficient (Wildman–Crippen LogP) is 4.12. The zero-order chi connectivity index (χ0) is 15.4. The monoisotopic (exact) mass is 338 g/mol. The van der Waals surface area contributed by atoms with Crippen molar-refractivity contribution >= 4 is 28.1 Å². The maximum absolute atomic E-state index is 9.13. The van der Waals surface area contributed by atoms with Gasteiger partial charge in [-0.15, -0.1) is 0 Å². The lowest BCUT2D eigenvalue weighted by Crippen LogP contribution is -2.41. The molecule has 1 aliphatic heterocycles. The minimum absolute atomic E-state index is 0.324. The first kappa shape index (κ1) is 16.0. The largest absolute Gasteiger partial charge is 0.372 e. The van der Waals surface area contributed by atoms with Crippen molar-refractivity contribution in [3.63, 3.8) is 0 Å². The highest BCUT2D eigenvalue weighted by Crippen LogP contribution is 2.30. The van der Waals surface area contributed by atoms with Crippen LogP contribution in [0.2, 0.25) is 5.15 Å². The molecule has 0 aromatic carbocycles. The molecule has 1 aromatic rings.